The van der Waals surface area contributed by atoms with E-state index in [0.717, 1.165) is 69.8 Å². The summed E-state index contributed by atoms with van der Waals surface area (Å²) in [5, 5.41) is 7.52. The molecule has 2 aliphatic rings. The van der Waals surface area contributed by atoms with E-state index in [0.29, 0.717) is 0 Å². The quantitative estimate of drug-likeness (QED) is 0.620. The van der Waals surface area contributed by atoms with Crippen LogP contribution in [0.25, 0.3) is 0 Å². The van der Waals surface area contributed by atoms with Gasteiger partial charge in [-0.25, -0.2) is 4.98 Å². The average molecular weight is 384 g/mol. The summed E-state index contributed by atoms with van der Waals surface area (Å²) < 4.78 is 4.92. The first kappa shape index (κ1) is 18.7. The maximum absolute atomic E-state index is 4.92. The van der Waals surface area contributed by atoms with Crippen LogP contribution in [0.1, 0.15) is 24.1 Å². The molecule has 150 valence electrons. The van der Waals surface area contributed by atoms with E-state index in [2.05, 4.69) is 47.3 Å². The van der Waals surface area contributed by atoms with Gasteiger partial charge in [-0.1, -0.05) is 5.16 Å². The molecule has 0 atom stereocenters. The molecule has 0 spiro atoms. The highest BCUT2D eigenvalue weighted by Crippen LogP contribution is 2.18. The number of aromatic nitrogens is 2. The van der Waals surface area contributed by atoms with Crippen LogP contribution in [0.15, 0.2) is 40.2 Å². The van der Waals surface area contributed by atoms with Gasteiger partial charge >= 0.3 is 0 Å². The SMILES string of the molecule is CN=C(NCc1ccnc(N2CCCC2)c1)N1CCN(Cc2ccon2)CC1. The highest BCUT2D eigenvalue weighted by atomic mass is 16.5. The van der Waals surface area contributed by atoms with Gasteiger partial charge in [-0.3, -0.25) is 9.89 Å². The van der Waals surface area contributed by atoms with Gasteiger partial charge in [-0.15, -0.1) is 0 Å². The molecule has 2 aromatic heterocycles. The molecular formula is C20H29N7O. The number of anilines is 1. The first-order chi connectivity index (χ1) is 13.8. The van der Waals surface area contributed by atoms with Crippen molar-refractivity contribution in [3.05, 3.63) is 41.9 Å². The minimum Gasteiger partial charge on any atom is -0.364 e. The van der Waals surface area contributed by atoms with Gasteiger partial charge in [0.25, 0.3) is 0 Å². The Morgan fingerprint density at radius 3 is 2.68 bits per heavy atom. The molecular weight excluding hydrogens is 354 g/mol. The lowest BCUT2D eigenvalue weighted by Crippen LogP contribution is -2.52. The van der Waals surface area contributed by atoms with Crippen molar-refractivity contribution in [1.29, 1.82) is 0 Å². The van der Waals surface area contributed by atoms with Crippen molar-refractivity contribution < 1.29 is 4.52 Å². The Morgan fingerprint density at radius 2 is 1.96 bits per heavy atom. The number of nitrogens with zero attached hydrogens (tertiary/aromatic N) is 6. The molecule has 0 bridgehead atoms. The van der Waals surface area contributed by atoms with Gasteiger partial charge < -0.3 is 19.6 Å². The Bertz CT molecular complexity index is 763. The number of rotatable bonds is 5. The van der Waals surface area contributed by atoms with Crippen molar-refractivity contribution in [2.75, 3.05) is 51.2 Å². The monoisotopic (exact) mass is 383 g/mol. The predicted octanol–water partition coefficient (Wildman–Crippen LogP) is 1.56. The Kier molecular flexibility index (Phi) is 6.06. The van der Waals surface area contributed by atoms with Gasteiger partial charge in [0.2, 0.25) is 0 Å². The second-order valence-electron chi connectivity index (χ2n) is 7.37. The Morgan fingerprint density at radius 1 is 1.14 bits per heavy atom. The Labute approximate surface area is 166 Å². The van der Waals surface area contributed by atoms with Crippen molar-refractivity contribution in [3.8, 4) is 0 Å². The highest BCUT2D eigenvalue weighted by molar-refractivity contribution is 5.80. The molecule has 0 aromatic carbocycles. The van der Waals surface area contributed by atoms with Gasteiger partial charge in [0.05, 0.1) is 5.69 Å². The maximum atomic E-state index is 4.92. The number of hydrogen-bond acceptors (Lipinski definition) is 6. The molecule has 0 amide bonds. The third kappa shape index (κ3) is 4.62. The third-order valence-corrected chi connectivity index (χ3v) is 5.45. The lowest BCUT2D eigenvalue weighted by atomic mass is 10.2. The zero-order valence-electron chi connectivity index (χ0n) is 16.5. The van der Waals surface area contributed by atoms with Gasteiger partial charge in [-0.05, 0) is 30.5 Å². The number of pyridine rings is 1. The lowest BCUT2D eigenvalue weighted by molar-refractivity contribution is 0.169. The molecule has 2 saturated heterocycles. The fourth-order valence-electron chi connectivity index (χ4n) is 3.87. The molecule has 2 aromatic rings. The van der Waals surface area contributed by atoms with E-state index in [1.165, 1.54) is 18.4 Å². The molecule has 28 heavy (non-hydrogen) atoms. The molecule has 0 saturated carbocycles. The van der Waals surface area contributed by atoms with Crippen LogP contribution in [0.5, 0.6) is 0 Å². The van der Waals surface area contributed by atoms with E-state index in [-0.39, 0.29) is 0 Å². The molecule has 2 fully saturated rings. The highest BCUT2D eigenvalue weighted by Gasteiger charge is 2.20. The fraction of sp³-hybridized carbons (Fsp3) is 0.550. The van der Waals surface area contributed by atoms with Crippen molar-refractivity contribution in [3.63, 3.8) is 0 Å². The summed E-state index contributed by atoms with van der Waals surface area (Å²) in [6.45, 7) is 7.71. The van der Waals surface area contributed by atoms with E-state index >= 15 is 0 Å². The van der Waals surface area contributed by atoms with Crippen molar-refractivity contribution in [1.82, 2.24) is 25.3 Å². The number of nitrogens with one attached hydrogen (secondary N) is 1. The second kappa shape index (κ2) is 9.05. The minimum atomic E-state index is 0.759. The molecule has 8 nitrogen and oxygen atoms in total. The smallest absolute Gasteiger partial charge is 0.194 e. The fourth-order valence-corrected chi connectivity index (χ4v) is 3.87. The van der Waals surface area contributed by atoms with Crippen molar-refractivity contribution in [2.24, 2.45) is 4.99 Å². The van der Waals surface area contributed by atoms with E-state index in [1.807, 2.05) is 19.3 Å². The van der Waals surface area contributed by atoms with Crippen LogP contribution >= 0.6 is 0 Å². The molecule has 0 aliphatic carbocycles. The largest absolute Gasteiger partial charge is 0.364 e. The first-order valence-corrected chi connectivity index (χ1v) is 10.1. The zero-order chi connectivity index (χ0) is 19.2. The Balaban J connectivity index is 1.28. The van der Waals surface area contributed by atoms with E-state index in [1.54, 1.807) is 6.26 Å². The van der Waals surface area contributed by atoms with Crippen LogP contribution < -0.4 is 10.2 Å². The summed E-state index contributed by atoms with van der Waals surface area (Å²) in [5.41, 5.74) is 2.23. The lowest BCUT2D eigenvalue weighted by Gasteiger charge is -2.36. The zero-order valence-corrected chi connectivity index (χ0v) is 16.5. The molecule has 8 heteroatoms. The van der Waals surface area contributed by atoms with Crippen LogP contribution in [-0.2, 0) is 13.1 Å². The minimum absolute atomic E-state index is 0.759. The number of hydrogen-bond donors (Lipinski definition) is 1. The van der Waals surface area contributed by atoms with Crippen LogP contribution in [0.3, 0.4) is 0 Å². The molecule has 4 heterocycles. The van der Waals surface area contributed by atoms with Gasteiger partial charge in [0.1, 0.15) is 12.1 Å². The molecule has 4 rings (SSSR count). The van der Waals surface area contributed by atoms with Gasteiger partial charge in [0.15, 0.2) is 5.96 Å². The van der Waals surface area contributed by atoms with E-state index < -0.39 is 0 Å². The molecule has 2 aliphatic heterocycles. The van der Waals surface area contributed by atoms with E-state index in [9.17, 15) is 0 Å². The third-order valence-electron chi connectivity index (χ3n) is 5.45. The van der Waals surface area contributed by atoms with Crippen LogP contribution in [-0.4, -0.2) is 72.2 Å². The topological polar surface area (TPSA) is 73.0 Å². The van der Waals surface area contributed by atoms with Crippen molar-refractivity contribution >= 4 is 11.8 Å². The summed E-state index contributed by atoms with van der Waals surface area (Å²) in [6, 6.07) is 6.20. The van der Waals surface area contributed by atoms with Crippen LogP contribution in [0, 0.1) is 0 Å². The number of piperazine rings is 1. The van der Waals surface area contributed by atoms with Crippen LogP contribution in [0.2, 0.25) is 0 Å². The summed E-state index contributed by atoms with van der Waals surface area (Å²) in [4.78, 5) is 16.1. The summed E-state index contributed by atoms with van der Waals surface area (Å²) in [6.07, 6.45) is 6.07. The Hall–Kier alpha value is -2.61. The summed E-state index contributed by atoms with van der Waals surface area (Å²) in [7, 11) is 1.85. The van der Waals surface area contributed by atoms with Gasteiger partial charge in [-0.2, -0.15) is 0 Å². The van der Waals surface area contributed by atoms with Gasteiger partial charge in [0, 0.05) is 71.7 Å². The average Bonchev–Trinajstić information content (AvgIpc) is 3.44. The predicted molar refractivity (Wildman–Crippen MR) is 109 cm³/mol. The molecule has 1 N–H and O–H groups in total. The first-order valence-electron chi connectivity index (χ1n) is 10.1. The number of guanidine groups is 1. The normalized spacial score (nSPS) is 18.7. The van der Waals surface area contributed by atoms with Crippen LogP contribution in [0.4, 0.5) is 5.82 Å². The van der Waals surface area contributed by atoms with Crippen molar-refractivity contribution in [2.45, 2.75) is 25.9 Å². The standard InChI is InChI=1S/C20H29N7O/c1-21-20(27-11-9-25(10-12-27)16-18-5-13-28-24-18)23-15-17-4-6-22-19(14-17)26-7-2-3-8-26/h4-6,13-14H,2-3,7-12,15-16H2,1H3,(H,21,23). The summed E-state index contributed by atoms with van der Waals surface area (Å²) >= 11 is 0. The van der Waals surface area contributed by atoms with E-state index in [4.69, 9.17) is 4.52 Å². The number of aliphatic imine (C=N–C) groups is 1. The maximum Gasteiger partial charge on any atom is 0.194 e. The summed E-state index contributed by atoms with van der Waals surface area (Å²) in [5.74, 6) is 2.05. The second-order valence-corrected chi connectivity index (χ2v) is 7.37. The molecule has 0 radical (unpaired) electrons. The molecule has 0 unspecified atom stereocenters.